The third kappa shape index (κ3) is 2.93. The molecule has 0 spiro atoms. The number of imidazole rings is 1. The lowest BCUT2D eigenvalue weighted by molar-refractivity contribution is 0.0965. The molecule has 2 heterocycles. The minimum Gasteiger partial charge on any atom is -0.268 e. The van der Waals surface area contributed by atoms with Crippen molar-refractivity contribution >= 4 is 39.4 Å². The molecule has 30 heavy (non-hydrogen) atoms. The lowest BCUT2D eigenvalue weighted by Crippen LogP contribution is -2.14. The molecule has 0 atom stereocenters. The molecule has 0 saturated heterocycles. The minimum atomic E-state index is -1.09. The predicted octanol–water partition coefficient (Wildman–Crippen LogP) is 5.87. The first-order chi connectivity index (χ1) is 14.5. The first kappa shape index (κ1) is 18.4. The van der Waals surface area contributed by atoms with Gasteiger partial charge in [-0.3, -0.25) is 14.3 Å². The van der Waals surface area contributed by atoms with Crippen LogP contribution < -0.4 is 0 Å². The zero-order chi connectivity index (χ0) is 20.8. The van der Waals surface area contributed by atoms with Crippen molar-refractivity contribution in [2.45, 2.75) is 0 Å². The highest BCUT2D eigenvalue weighted by Crippen LogP contribution is 2.31. The van der Waals surface area contributed by atoms with E-state index >= 15 is 0 Å². The van der Waals surface area contributed by atoms with Crippen LogP contribution in [0.25, 0.3) is 33.3 Å². The van der Waals surface area contributed by atoms with Gasteiger partial charge in [-0.25, -0.2) is 13.8 Å². The normalized spacial score (nSPS) is 11.3. The van der Waals surface area contributed by atoms with Crippen LogP contribution in [-0.2, 0) is 0 Å². The van der Waals surface area contributed by atoms with Gasteiger partial charge in [0.2, 0.25) is 0 Å². The van der Waals surface area contributed by atoms with Crippen molar-refractivity contribution < 1.29 is 13.6 Å². The van der Waals surface area contributed by atoms with Gasteiger partial charge in [-0.1, -0.05) is 29.8 Å². The van der Waals surface area contributed by atoms with E-state index in [0.717, 1.165) is 23.0 Å². The first-order valence-corrected chi connectivity index (χ1v) is 9.42. The molecule has 0 aliphatic heterocycles. The maximum Gasteiger partial charge on any atom is 0.264 e. The fourth-order valence-corrected chi connectivity index (χ4v) is 3.66. The van der Waals surface area contributed by atoms with Crippen LogP contribution in [0.3, 0.4) is 0 Å². The third-order valence-electron chi connectivity index (χ3n) is 4.88. The Hall–Kier alpha value is -3.64. The number of halogens is 3. The van der Waals surface area contributed by atoms with Gasteiger partial charge in [-0.15, -0.1) is 0 Å². The Morgan fingerprint density at radius 1 is 0.900 bits per heavy atom. The van der Waals surface area contributed by atoms with E-state index in [-0.39, 0.29) is 5.56 Å². The maximum absolute atomic E-state index is 13.8. The summed E-state index contributed by atoms with van der Waals surface area (Å²) in [4.78, 5) is 22.4. The zero-order valence-corrected chi connectivity index (χ0v) is 16.1. The van der Waals surface area contributed by atoms with E-state index in [1.54, 1.807) is 30.5 Å². The van der Waals surface area contributed by atoms with Crippen LogP contribution in [0.5, 0.6) is 0 Å². The summed E-state index contributed by atoms with van der Waals surface area (Å²) in [7, 11) is 0. The van der Waals surface area contributed by atoms with Gasteiger partial charge >= 0.3 is 0 Å². The second-order valence-electron chi connectivity index (χ2n) is 6.71. The summed E-state index contributed by atoms with van der Waals surface area (Å²) in [6.07, 6.45) is 1.64. The molecule has 0 N–H and O–H groups in total. The van der Waals surface area contributed by atoms with Gasteiger partial charge in [0.25, 0.3) is 5.91 Å². The van der Waals surface area contributed by atoms with Crippen molar-refractivity contribution in [3.05, 3.63) is 95.1 Å². The highest BCUT2D eigenvalue weighted by molar-refractivity contribution is 6.31. The van der Waals surface area contributed by atoms with Crippen LogP contribution in [0, 0.1) is 11.6 Å². The van der Waals surface area contributed by atoms with Crippen LogP contribution >= 0.6 is 11.6 Å². The van der Waals surface area contributed by atoms with Crippen LogP contribution in [0.15, 0.2) is 72.9 Å². The van der Waals surface area contributed by atoms with Gasteiger partial charge in [0.15, 0.2) is 11.6 Å². The number of para-hydroxylation sites is 1. The predicted molar refractivity (Wildman–Crippen MR) is 112 cm³/mol. The molecule has 0 saturated carbocycles. The first-order valence-electron chi connectivity index (χ1n) is 9.05. The second kappa shape index (κ2) is 7.00. The summed E-state index contributed by atoms with van der Waals surface area (Å²) in [5.74, 6) is -2.28. The van der Waals surface area contributed by atoms with E-state index in [2.05, 4.69) is 9.97 Å². The molecule has 4 nitrogen and oxygen atoms in total. The lowest BCUT2D eigenvalue weighted by Gasteiger charge is -2.10. The molecule has 5 aromatic rings. The molecule has 146 valence electrons. The molecule has 5 rings (SSSR count). The minimum absolute atomic E-state index is 0.00256. The Morgan fingerprint density at radius 2 is 1.73 bits per heavy atom. The molecule has 0 bridgehead atoms. The number of carbonyl (C=O) groups is 1. The van der Waals surface area contributed by atoms with Gasteiger partial charge in [0.1, 0.15) is 5.82 Å². The van der Waals surface area contributed by atoms with Gasteiger partial charge < -0.3 is 0 Å². The van der Waals surface area contributed by atoms with Gasteiger partial charge in [-0.2, -0.15) is 0 Å². The Bertz CT molecular complexity index is 1460. The van der Waals surface area contributed by atoms with Crippen LogP contribution in [0.2, 0.25) is 5.02 Å². The number of hydrogen-bond acceptors (Lipinski definition) is 3. The monoisotopic (exact) mass is 419 g/mol. The number of carbonyl (C=O) groups excluding carboxylic acids is 1. The van der Waals surface area contributed by atoms with Gasteiger partial charge in [0.05, 0.1) is 16.6 Å². The molecule has 0 aliphatic rings. The molecule has 3 aromatic carbocycles. The number of rotatable bonds is 2. The van der Waals surface area contributed by atoms with Crippen molar-refractivity contribution in [1.29, 1.82) is 0 Å². The van der Waals surface area contributed by atoms with E-state index in [4.69, 9.17) is 11.6 Å². The van der Waals surface area contributed by atoms with Crippen molar-refractivity contribution in [3.63, 3.8) is 0 Å². The van der Waals surface area contributed by atoms with E-state index in [0.29, 0.717) is 27.4 Å². The number of benzene rings is 3. The summed E-state index contributed by atoms with van der Waals surface area (Å²) >= 11 is 6.12. The summed E-state index contributed by atoms with van der Waals surface area (Å²) < 4.78 is 28.6. The largest absolute Gasteiger partial charge is 0.268 e. The molecule has 7 heteroatoms. The smallest absolute Gasteiger partial charge is 0.264 e. The van der Waals surface area contributed by atoms with Crippen LogP contribution in [-0.4, -0.2) is 20.4 Å². The summed E-state index contributed by atoms with van der Waals surface area (Å²) in [6, 6.07) is 17.3. The number of nitrogens with zero attached hydrogens (tertiary/aromatic N) is 3. The highest BCUT2D eigenvalue weighted by Gasteiger charge is 2.22. The van der Waals surface area contributed by atoms with E-state index < -0.39 is 17.5 Å². The Balaban J connectivity index is 1.82. The molecule has 0 fully saturated rings. The van der Waals surface area contributed by atoms with Crippen molar-refractivity contribution in [2.75, 3.05) is 0 Å². The molecular formula is C23H12ClF2N3O. The summed E-state index contributed by atoms with van der Waals surface area (Å²) in [5, 5.41) is 1.28. The Morgan fingerprint density at radius 3 is 2.57 bits per heavy atom. The fraction of sp³-hybridized carbons (Fsp3) is 0. The van der Waals surface area contributed by atoms with Crippen molar-refractivity contribution in [2.24, 2.45) is 0 Å². The summed E-state index contributed by atoms with van der Waals surface area (Å²) in [6.45, 7) is 0. The van der Waals surface area contributed by atoms with Gasteiger partial charge in [0, 0.05) is 27.7 Å². The maximum atomic E-state index is 13.8. The topological polar surface area (TPSA) is 47.8 Å². The SMILES string of the molecule is O=C(c1ccc(F)c(F)c1)n1c(-c2ccnc3ccccc23)nc2cc(Cl)ccc21. The van der Waals surface area contributed by atoms with E-state index in [1.165, 1.54) is 10.6 Å². The Kier molecular flexibility index (Phi) is 4.29. The molecule has 2 aromatic heterocycles. The number of pyridine rings is 1. The molecule has 0 amide bonds. The number of aromatic nitrogens is 3. The Labute approximate surface area is 174 Å². The van der Waals surface area contributed by atoms with E-state index in [9.17, 15) is 13.6 Å². The van der Waals surface area contributed by atoms with E-state index in [1.807, 2.05) is 24.3 Å². The van der Waals surface area contributed by atoms with Crippen LogP contribution in [0.4, 0.5) is 8.78 Å². The molecule has 0 radical (unpaired) electrons. The number of hydrogen-bond donors (Lipinski definition) is 0. The average molecular weight is 420 g/mol. The molecule has 0 aliphatic carbocycles. The number of fused-ring (bicyclic) bond motifs is 2. The quantitative estimate of drug-likeness (QED) is 0.359. The van der Waals surface area contributed by atoms with Crippen LogP contribution in [0.1, 0.15) is 10.4 Å². The third-order valence-corrected chi connectivity index (χ3v) is 5.11. The summed E-state index contributed by atoms with van der Waals surface area (Å²) in [5.41, 5.74) is 2.44. The molecule has 0 unspecified atom stereocenters. The van der Waals surface area contributed by atoms with Crippen molar-refractivity contribution in [1.82, 2.24) is 14.5 Å². The zero-order valence-electron chi connectivity index (χ0n) is 15.3. The standard InChI is InChI=1S/C23H12ClF2N3O/c24-14-6-8-21-20(12-14)28-22(16-9-10-27-19-4-2-1-3-15(16)19)29(21)23(30)13-5-7-17(25)18(26)11-13/h1-12H. The second-order valence-corrected chi connectivity index (χ2v) is 7.15. The van der Waals surface area contributed by atoms with Crippen molar-refractivity contribution in [3.8, 4) is 11.4 Å². The highest BCUT2D eigenvalue weighted by atomic mass is 35.5. The lowest BCUT2D eigenvalue weighted by atomic mass is 10.1. The van der Waals surface area contributed by atoms with Gasteiger partial charge in [-0.05, 0) is 48.5 Å². The fourth-order valence-electron chi connectivity index (χ4n) is 3.49. The molecular weight excluding hydrogens is 408 g/mol. The average Bonchev–Trinajstić information content (AvgIpc) is 3.13.